The Morgan fingerprint density at radius 2 is 1.54 bits per heavy atom. The van der Waals surface area contributed by atoms with Crippen LogP contribution >= 0.6 is 0 Å². The molecule has 0 spiro atoms. The van der Waals surface area contributed by atoms with Crippen molar-refractivity contribution < 1.29 is 19.1 Å². The summed E-state index contributed by atoms with van der Waals surface area (Å²) in [7, 11) is 3.10. The normalized spacial score (nSPS) is 10.2. The van der Waals surface area contributed by atoms with Crippen LogP contribution in [-0.4, -0.2) is 32.6 Å². The first-order chi connectivity index (χ1) is 12.5. The number of rotatable bonds is 7. The zero-order valence-electron chi connectivity index (χ0n) is 15.5. The molecule has 26 heavy (non-hydrogen) atoms. The Hall–Kier alpha value is -3.02. The summed E-state index contributed by atoms with van der Waals surface area (Å²) in [6.07, 6.45) is 0. The molecule has 0 saturated carbocycles. The van der Waals surface area contributed by atoms with Gasteiger partial charge in [-0.1, -0.05) is 12.1 Å². The topological polar surface area (TPSA) is 76.7 Å². The first kappa shape index (κ1) is 19.3. The molecular weight excluding hydrogens is 332 g/mol. The van der Waals surface area contributed by atoms with Crippen LogP contribution in [0.2, 0.25) is 0 Å². The summed E-state index contributed by atoms with van der Waals surface area (Å²) < 4.78 is 10.6. The number of hydrogen-bond donors (Lipinski definition) is 2. The maximum atomic E-state index is 12.5. The van der Waals surface area contributed by atoms with Gasteiger partial charge in [-0.05, 0) is 43.7 Å². The quantitative estimate of drug-likeness (QED) is 0.800. The minimum absolute atomic E-state index is 0.131. The first-order valence-electron chi connectivity index (χ1n) is 8.38. The molecule has 0 fully saturated rings. The average molecular weight is 356 g/mol. The van der Waals surface area contributed by atoms with Gasteiger partial charge in [-0.2, -0.15) is 0 Å². The molecule has 0 saturated heterocycles. The molecule has 0 atom stereocenters. The molecule has 2 amide bonds. The molecule has 2 rings (SSSR count). The van der Waals surface area contributed by atoms with E-state index in [2.05, 4.69) is 10.6 Å². The number of hydrogen-bond acceptors (Lipinski definition) is 4. The van der Waals surface area contributed by atoms with Crippen LogP contribution in [0.4, 0.5) is 0 Å². The molecule has 6 heteroatoms. The van der Waals surface area contributed by atoms with Crippen molar-refractivity contribution in [1.29, 1.82) is 0 Å². The van der Waals surface area contributed by atoms with Gasteiger partial charge < -0.3 is 20.1 Å². The van der Waals surface area contributed by atoms with Crippen LogP contribution in [-0.2, 0) is 6.54 Å². The average Bonchev–Trinajstić information content (AvgIpc) is 2.66. The summed E-state index contributed by atoms with van der Waals surface area (Å²) in [5, 5.41) is 5.61. The van der Waals surface area contributed by atoms with E-state index in [4.69, 9.17) is 9.47 Å². The van der Waals surface area contributed by atoms with Crippen molar-refractivity contribution in [1.82, 2.24) is 10.6 Å². The van der Waals surface area contributed by atoms with Crippen LogP contribution in [0.5, 0.6) is 11.5 Å². The molecule has 0 heterocycles. The first-order valence-corrected chi connectivity index (χ1v) is 8.38. The van der Waals surface area contributed by atoms with Crippen LogP contribution in [0.15, 0.2) is 36.4 Å². The minimum atomic E-state index is -0.245. The monoisotopic (exact) mass is 356 g/mol. The van der Waals surface area contributed by atoms with Crippen molar-refractivity contribution in [2.45, 2.75) is 20.4 Å². The number of amides is 2. The highest BCUT2D eigenvalue weighted by Gasteiger charge is 2.13. The van der Waals surface area contributed by atoms with E-state index in [9.17, 15) is 9.59 Å². The van der Waals surface area contributed by atoms with E-state index in [1.54, 1.807) is 44.6 Å². The summed E-state index contributed by atoms with van der Waals surface area (Å²) in [6.45, 7) is 4.61. The van der Waals surface area contributed by atoms with Crippen LogP contribution in [0.3, 0.4) is 0 Å². The number of carbonyl (C=O) groups is 2. The molecule has 6 nitrogen and oxygen atoms in total. The Labute approximate surface area is 153 Å². The zero-order valence-corrected chi connectivity index (χ0v) is 15.5. The molecule has 2 aromatic carbocycles. The van der Waals surface area contributed by atoms with E-state index in [0.29, 0.717) is 35.7 Å². The van der Waals surface area contributed by atoms with E-state index < -0.39 is 0 Å². The van der Waals surface area contributed by atoms with Gasteiger partial charge in [-0.15, -0.1) is 0 Å². The van der Waals surface area contributed by atoms with Crippen LogP contribution < -0.4 is 20.1 Å². The minimum Gasteiger partial charge on any atom is -0.496 e. The van der Waals surface area contributed by atoms with Crippen molar-refractivity contribution >= 4 is 11.8 Å². The molecule has 0 aliphatic carbocycles. The third-order valence-corrected chi connectivity index (χ3v) is 3.99. The van der Waals surface area contributed by atoms with E-state index in [0.717, 1.165) is 11.1 Å². The number of benzene rings is 2. The van der Waals surface area contributed by atoms with Gasteiger partial charge in [0.15, 0.2) is 0 Å². The molecular formula is C20H24N2O4. The highest BCUT2D eigenvalue weighted by Crippen LogP contribution is 2.29. The largest absolute Gasteiger partial charge is 0.496 e. The summed E-state index contributed by atoms with van der Waals surface area (Å²) in [5.74, 6) is 0.805. The summed E-state index contributed by atoms with van der Waals surface area (Å²) in [4.78, 5) is 24.4. The van der Waals surface area contributed by atoms with E-state index >= 15 is 0 Å². The highest BCUT2D eigenvalue weighted by atomic mass is 16.5. The van der Waals surface area contributed by atoms with Crippen LogP contribution in [0.1, 0.15) is 38.8 Å². The van der Waals surface area contributed by atoms with E-state index in [-0.39, 0.29) is 11.8 Å². The predicted molar refractivity (Wildman–Crippen MR) is 99.9 cm³/mol. The molecule has 138 valence electrons. The van der Waals surface area contributed by atoms with Crippen LogP contribution in [0.25, 0.3) is 0 Å². The molecule has 0 unspecified atom stereocenters. The summed E-state index contributed by atoms with van der Waals surface area (Å²) in [5.41, 5.74) is 2.69. The number of carbonyl (C=O) groups excluding carboxylic acids is 2. The molecule has 2 aromatic rings. The molecule has 0 radical (unpaired) electrons. The third kappa shape index (κ3) is 4.53. The van der Waals surface area contributed by atoms with Gasteiger partial charge in [-0.25, -0.2) is 0 Å². The number of nitrogens with one attached hydrogen (secondary N) is 2. The lowest BCUT2D eigenvalue weighted by Crippen LogP contribution is -2.24. The van der Waals surface area contributed by atoms with Crippen molar-refractivity contribution in [2.75, 3.05) is 20.8 Å². The van der Waals surface area contributed by atoms with Gasteiger partial charge in [0.1, 0.15) is 11.5 Å². The van der Waals surface area contributed by atoms with Crippen molar-refractivity contribution in [3.8, 4) is 11.5 Å². The second-order valence-electron chi connectivity index (χ2n) is 5.75. The standard InChI is InChI=1S/C20H24N2O4/c1-5-21-19(23)15-8-6-7-14(9-15)12-22-20(24)16-10-17(25-3)13(2)18(11-16)26-4/h6-11H,5,12H2,1-4H3,(H,21,23)(H,22,24). The molecule has 0 aliphatic rings. The Bertz CT molecular complexity index is 777. The van der Waals surface area contributed by atoms with Gasteiger partial charge in [0.2, 0.25) is 0 Å². The van der Waals surface area contributed by atoms with Gasteiger partial charge in [-0.3, -0.25) is 9.59 Å². The highest BCUT2D eigenvalue weighted by molar-refractivity contribution is 5.96. The molecule has 0 bridgehead atoms. The van der Waals surface area contributed by atoms with Gasteiger partial charge >= 0.3 is 0 Å². The lowest BCUT2D eigenvalue weighted by Gasteiger charge is -2.13. The van der Waals surface area contributed by atoms with E-state index in [1.165, 1.54) is 0 Å². The Kier molecular flexibility index (Phi) is 6.60. The maximum absolute atomic E-state index is 12.5. The van der Waals surface area contributed by atoms with Crippen molar-refractivity contribution in [3.05, 3.63) is 58.7 Å². The van der Waals surface area contributed by atoms with Crippen molar-refractivity contribution in [3.63, 3.8) is 0 Å². The Balaban J connectivity index is 2.12. The predicted octanol–water partition coefficient (Wildman–Crippen LogP) is 2.69. The molecule has 2 N–H and O–H groups in total. The smallest absolute Gasteiger partial charge is 0.251 e. The lowest BCUT2D eigenvalue weighted by atomic mass is 10.1. The third-order valence-electron chi connectivity index (χ3n) is 3.99. The summed E-state index contributed by atoms with van der Waals surface area (Å²) >= 11 is 0. The molecule has 0 aromatic heterocycles. The Morgan fingerprint density at radius 1 is 0.923 bits per heavy atom. The van der Waals surface area contributed by atoms with Gasteiger partial charge in [0, 0.05) is 29.8 Å². The van der Waals surface area contributed by atoms with Crippen molar-refractivity contribution in [2.24, 2.45) is 0 Å². The fraction of sp³-hybridized carbons (Fsp3) is 0.300. The number of methoxy groups -OCH3 is 2. The van der Waals surface area contributed by atoms with Gasteiger partial charge in [0.25, 0.3) is 11.8 Å². The maximum Gasteiger partial charge on any atom is 0.251 e. The lowest BCUT2D eigenvalue weighted by molar-refractivity contribution is 0.0946. The fourth-order valence-electron chi connectivity index (χ4n) is 2.59. The second kappa shape index (κ2) is 8.89. The second-order valence-corrected chi connectivity index (χ2v) is 5.75. The number of ether oxygens (including phenoxy) is 2. The van der Waals surface area contributed by atoms with Gasteiger partial charge in [0.05, 0.1) is 14.2 Å². The van der Waals surface area contributed by atoms with E-state index in [1.807, 2.05) is 19.9 Å². The Morgan fingerprint density at radius 3 is 2.12 bits per heavy atom. The van der Waals surface area contributed by atoms with Crippen LogP contribution in [0, 0.1) is 6.92 Å². The SMILES string of the molecule is CCNC(=O)c1cccc(CNC(=O)c2cc(OC)c(C)c(OC)c2)c1. The summed E-state index contributed by atoms with van der Waals surface area (Å²) in [6, 6.07) is 10.5. The fourth-order valence-corrected chi connectivity index (χ4v) is 2.59. The zero-order chi connectivity index (χ0) is 19.1. The molecule has 0 aliphatic heterocycles.